The standard InChI is InChI=1S/C15H16F3NO4/c1-9-6-11-12(22-5-4-21-11)7-10(9)14(20)19-2-3-23-13(8-19)15(16,17)18/h6-7,13H,2-5,8H2,1H3. The van der Waals surface area contributed by atoms with Crippen molar-refractivity contribution in [2.45, 2.75) is 19.2 Å². The third-order valence-corrected chi connectivity index (χ3v) is 3.84. The van der Waals surface area contributed by atoms with Gasteiger partial charge in [0.15, 0.2) is 17.6 Å². The topological polar surface area (TPSA) is 48.0 Å². The first kappa shape index (κ1) is 15.9. The number of benzene rings is 1. The second kappa shape index (κ2) is 5.92. The summed E-state index contributed by atoms with van der Waals surface area (Å²) in [7, 11) is 0. The van der Waals surface area contributed by atoms with Gasteiger partial charge in [0.2, 0.25) is 0 Å². The van der Waals surface area contributed by atoms with Crippen LogP contribution in [-0.4, -0.2) is 56.0 Å². The maximum atomic E-state index is 12.8. The molecular weight excluding hydrogens is 315 g/mol. The summed E-state index contributed by atoms with van der Waals surface area (Å²) in [5.41, 5.74) is 0.950. The summed E-state index contributed by atoms with van der Waals surface area (Å²) in [4.78, 5) is 13.8. The Morgan fingerprint density at radius 2 is 1.83 bits per heavy atom. The second-order valence-electron chi connectivity index (χ2n) is 5.46. The predicted octanol–water partition coefficient (Wildman–Crippen LogP) is 2.17. The number of halogens is 3. The minimum absolute atomic E-state index is 0.124. The Bertz CT molecular complexity index is 617. The fourth-order valence-electron chi connectivity index (χ4n) is 2.62. The van der Waals surface area contributed by atoms with Crippen molar-refractivity contribution in [3.8, 4) is 11.5 Å². The Hall–Kier alpha value is -1.96. The molecule has 1 aromatic rings. The Morgan fingerprint density at radius 3 is 2.48 bits per heavy atom. The van der Waals surface area contributed by atoms with Gasteiger partial charge in [-0.15, -0.1) is 0 Å². The van der Waals surface area contributed by atoms with Gasteiger partial charge in [-0.05, 0) is 24.6 Å². The van der Waals surface area contributed by atoms with Crippen LogP contribution in [0, 0.1) is 6.92 Å². The SMILES string of the molecule is Cc1cc2c(cc1C(=O)N1CCOC(C(F)(F)F)C1)OCCO2. The summed E-state index contributed by atoms with van der Waals surface area (Å²) < 4.78 is 53.9. The van der Waals surface area contributed by atoms with E-state index in [1.807, 2.05) is 0 Å². The number of ether oxygens (including phenoxy) is 3. The molecule has 1 saturated heterocycles. The van der Waals surface area contributed by atoms with Crippen LogP contribution in [0.15, 0.2) is 12.1 Å². The van der Waals surface area contributed by atoms with Gasteiger partial charge in [0.25, 0.3) is 5.91 Å². The number of nitrogens with zero attached hydrogens (tertiary/aromatic N) is 1. The minimum atomic E-state index is -4.49. The highest BCUT2D eigenvalue weighted by Gasteiger charge is 2.44. The molecule has 1 aromatic carbocycles. The maximum Gasteiger partial charge on any atom is 0.416 e. The van der Waals surface area contributed by atoms with E-state index in [1.165, 1.54) is 11.0 Å². The van der Waals surface area contributed by atoms with E-state index >= 15 is 0 Å². The predicted molar refractivity (Wildman–Crippen MR) is 73.9 cm³/mol. The lowest BCUT2D eigenvalue weighted by molar-refractivity contribution is -0.233. The van der Waals surface area contributed by atoms with E-state index in [-0.39, 0.29) is 13.2 Å². The molecule has 0 aromatic heterocycles. The molecule has 1 fully saturated rings. The van der Waals surface area contributed by atoms with Gasteiger partial charge in [-0.3, -0.25) is 4.79 Å². The summed E-state index contributed by atoms with van der Waals surface area (Å²) >= 11 is 0. The molecule has 0 N–H and O–H groups in total. The number of aryl methyl sites for hydroxylation is 1. The zero-order chi connectivity index (χ0) is 16.6. The van der Waals surface area contributed by atoms with Crippen molar-refractivity contribution < 1.29 is 32.2 Å². The van der Waals surface area contributed by atoms with Crippen LogP contribution in [0.5, 0.6) is 11.5 Å². The molecule has 2 aliphatic rings. The first-order valence-corrected chi connectivity index (χ1v) is 7.24. The summed E-state index contributed by atoms with van der Waals surface area (Å²) in [5.74, 6) is 0.517. The molecule has 1 atom stereocenters. The van der Waals surface area contributed by atoms with E-state index < -0.39 is 24.7 Å². The van der Waals surface area contributed by atoms with Gasteiger partial charge in [-0.1, -0.05) is 0 Å². The third kappa shape index (κ3) is 3.21. The molecule has 23 heavy (non-hydrogen) atoms. The Kier molecular flexibility index (Phi) is 4.09. The molecule has 5 nitrogen and oxygen atoms in total. The Labute approximate surface area is 130 Å². The van der Waals surface area contributed by atoms with Crippen LogP contribution in [0.1, 0.15) is 15.9 Å². The smallest absolute Gasteiger partial charge is 0.416 e. The van der Waals surface area contributed by atoms with E-state index in [0.717, 1.165) is 0 Å². The van der Waals surface area contributed by atoms with Gasteiger partial charge in [0, 0.05) is 12.1 Å². The van der Waals surface area contributed by atoms with E-state index in [1.54, 1.807) is 13.0 Å². The molecule has 126 valence electrons. The molecule has 1 amide bonds. The van der Waals surface area contributed by atoms with Crippen LogP contribution in [0.25, 0.3) is 0 Å². The molecule has 0 saturated carbocycles. The van der Waals surface area contributed by atoms with Crippen LogP contribution in [0.4, 0.5) is 13.2 Å². The normalized spacial score (nSPS) is 21.2. The van der Waals surface area contributed by atoms with Gasteiger partial charge in [-0.2, -0.15) is 13.2 Å². The molecule has 0 radical (unpaired) electrons. The minimum Gasteiger partial charge on any atom is -0.486 e. The highest BCUT2D eigenvalue weighted by Crippen LogP contribution is 2.34. The van der Waals surface area contributed by atoms with Crippen molar-refractivity contribution in [3.05, 3.63) is 23.3 Å². The zero-order valence-corrected chi connectivity index (χ0v) is 12.5. The van der Waals surface area contributed by atoms with Crippen molar-refractivity contribution in [2.24, 2.45) is 0 Å². The second-order valence-corrected chi connectivity index (χ2v) is 5.46. The average Bonchev–Trinajstić information content (AvgIpc) is 2.53. The van der Waals surface area contributed by atoms with Crippen molar-refractivity contribution in [3.63, 3.8) is 0 Å². The molecule has 0 aliphatic carbocycles. The maximum absolute atomic E-state index is 12.8. The van der Waals surface area contributed by atoms with Crippen LogP contribution in [0.3, 0.4) is 0 Å². The summed E-state index contributed by atoms with van der Waals surface area (Å²) in [6, 6.07) is 3.20. The molecule has 2 aliphatic heterocycles. The van der Waals surface area contributed by atoms with Gasteiger partial charge < -0.3 is 19.1 Å². The Balaban J connectivity index is 1.82. The monoisotopic (exact) mass is 331 g/mol. The van der Waals surface area contributed by atoms with Crippen LogP contribution in [0.2, 0.25) is 0 Å². The molecule has 0 spiro atoms. The van der Waals surface area contributed by atoms with E-state index in [9.17, 15) is 18.0 Å². The van der Waals surface area contributed by atoms with Gasteiger partial charge in [0.05, 0.1) is 13.2 Å². The van der Waals surface area contributed by atoms with Crippen LogP contribution >= 0.6 is 0 Å². The number of morpholine rings is 1. The number of hydrogen-bond acceptors (Lipinski definition) is 4. The van der Waals surface area contributed by atoms with Crippen molar-refractivity contribution >= 4 is 5.91 Å². The number of fused-ring (bicyclic) bond motifs is 1. The summed E-state index contributed by atoms with van der Waals surface area (Å²) in [5, 5.41) is 0. The van der Waals surface area contributed by atoms with Gasteiger partial charge in [-0.25, -0.2) is 0 Å². The van der Waals surface area contributed by atoms with Crippen LogP contribution in [-0.2, 0) is 4.74 Å². The highest BCUT2D eigenvalue weighted by molar-refractivity contribution is 5.96. The first-order chi connectivity index (χ1) is 10.9. The lowest BCUT2D eigenvalue weighted by Gasteiger charge is -2.34. The van der Waals surface area contributed by atoms with E-state index in [2.05, 4.69) is 0 Å². The summed E-state index contributed by atoms with van der Waals surface area (Å²) in [6.07, 6.45) is -6.43. The molecule has 1 unspecified atom stereocenters. The lowest BCUT2D eigenvalue weighted by Crippen LogP contribution is -2.51. The summed E-state index contributed by atoms with van der Waals surface area (Å²) in [6.45, 7) is 2.00. The largest absolute Gasteiger partial charge is 0.486 e. The average molecular weight is 331 g/mol. The number of hydrogen-bond donors (Lipinski definition) is 0. The first-order valence-electron chi connectivity index (χ1n) is 7.24. The molecule has 3 rings (SSSR count). The number of alkyl halides is 3. The number of rotatable bonds is 1. The number of carbonyl (C=O) groups excluding carboxylic acids is 1. The van der Waals surface area contributed by atoms with Crippen LogP contribution < -0.4 is 9.47 Å². The lowest BCUT2D eigenvalue weighted by atomic mass is 10.1. The van der Waals surface area contributed by atoms with E-state index in [0.29, 0.717) is 35.8 Å². The van der Waals surface area contributed by atoms with Gasteiger partial charge >= 0.3 is 6.18 Å². The van der Waals surface area contributed by atoms with Crippen molar-refractivity contribution in [1.82, 2.24) is 4.90 Å². The van der Waals surface area contributed by atoms with Crippen molar-refractivity contribution in [2.75, 3.05) is 32.9 Å². The van der Waals surface area contributed by atoms with E-state index in [4.69, 9.17) is 14.2 Å². The van der Waals surface area contributed by atoms with Crippen molar-refractivity contribution in [1.29, 1.82) is 0 Å². The Morgan fingerprint density at radius 1 is 1.17 bits per heavy atom. The fourth-order valence-corrected chi connectivity index (χ4v) is 2.62. The van der Waals surface area contributed by atoms with Gasteiger partial charge in [0.1, 0.15) is 13.2 Å². The fraction of sp³-hybridized carbons (Fsp3) is 0.533. The third-order valence-electron chi connectivity index (χ3n) is 3.84. The molecule has 2 heterocycles. The quantitative estimate of drug-likeness (QED) is 0.791. The number of amides is 1. The molecule has 8 heteroatoms. The molecule has 0 bridgehead atoms. The number of carbonyl (C=O) groups is 1. The zero-order valence-electron chi connectivity index (χ0n) is 12.5. The molecular formula is C15H16F3NO4. The highest BCUT2D eigenvalue weighted by atomic mass is 19.4.